The van der Waals surface area contributed by atoms with E-state index in [4.69, 9.17) is 21.1 Å². The van der Waals surface area contributed by atoms with Gasteiger partial charge in [-0.3, -0.25) is 0 Å². The number of pyridine rings is 2. The predicted molar refractivity (Wildman–Crippen MR) is 144 cm³/mol. The van der Waals surface area contributed by atoms with Crippen molar-refractivity contribution >= 4 is 23.2 Å². The summed E-state index contributed by atoms with van der Waals surface area (Å²) in [4.78, 5) is 8.79. The van der Waals surface area contributed by atoms with E-state index in [0.717, 1.165) is 44.6 Å². The van der Waals surface area contributed by atoms with Crippen LogP contribution in [0.4, 0.5) is 24.8 Å². The lowest BCUT2D eigenvalue weighted by atomic mass is 9.90. The van der Waals surface area contributed by atoms with E-state index in [0.29, 0.717) is 60.5 Å². The maximum Gasteiger partial charge on any atom is 0.419 e. The second kappa shape index (κ2) is 13.3. The Morgan fingerprint density at radius 2 is 1.82 bits per heavy atom. The first kappa shape index (κ1) is 28.9. The third-order valence-corrected chi connectivity index (χ3v) is 7.55. The molecule has 3 N–H and O–H groups in total. The highest BCUT2D eigenvalue weighted by molar-refractivity contribution is 6.33. The Kier molecular flexibility index (Phi) is 10.1. The lowest BCUT2D eigenvalue weighted by Gasteiger charge is -2.32. The zero-order valence-electron chi connectivity index (χ0n) is 21.9. The Bertz CT molecular complexity index is 1040. The van der Waals surface area contributed by atoms with Gasteiger partial charge in [-0.25, -0.2) is 9.97 Å². The van der Waals surface area contributed by atoms with Gasteiger partial charge in [-0.1, -0.05) is 11.6 Å². The lowest BCUT2D eigenvalue weighted by molar-refractivity contribution is -0.137. The molecule has 4 rings (SSSR count). The normalized spacial score (nSPS) is 21.7. The van der Waals surface area contributed by atoms with Gasteiger partial charge in [0.25, 0.3) is 0 Å². The Balaban J connectivity index is 1.45. The Morgan fingerprint density at radius 1 is 1.11 bits per heavy atom. The van der Waals surface area contributed by atoms with Gasteiger partial charge in [0.2, 0.25) is 0 Å². The highest BCUT2D eigenvalue weighted by atomic mass is 35.5. The number of hydrogen-bond acceptors (Lipinski definition) is 7. The zero-order chi connectivity index (χ0) is 27.1. The van der Waals surface area contributed by atoms with Gasteiger partial charge < -0.3 is 25.4 Å². The van der Waals surface area contributed by atoms with Crippen molar-refractivity contribution in [2.45, 2.75) is 69.8 Å². The molecule has 210 valence electrons. The standard InChI is InChI=1S/C27H37ClF3N5O2/c1-17(16-37-2)34-19-3-5-20(6-4-19)35-25-13-21(23(28)15-32-25)24-8-7-22(27(29,30)31)26(36-24)33-14-18-9-11-38-12-10-18/h7-8,13,15,17-20,34H,3-6,9-12,14,16H2,1-2H3,(H,32,35)(H,33,36)/t17-,19-,20-/m1/s1. The maximum absolute atomic E-state index is 13.7. The first-order valence-corrected chi connectivity index (χ1v) is 13.7. The van der Waals surface area contributed by atoms with Gasteiger partial charge in [0, 0.05) is 56.8 Å². The average Bonchev–Trinajstić information content (AvgIpc) is 2.90. The van der Waals surface area contributed by atoms with Gasteiger partial charge in [-0.15, -0.1) is 0 Å². The fourth-order valence-electron chi connectivity index (χ4n) is 5.19. The minimum atomic E-state index is -4.52. The van der Waals surface area contributed by atoms with E-state index in [1.165, 1.54) is 12.3 Å². The topological polar surface area (TPSA) is 80.3 Å². The van der Waals surface area contributed by atoms with E-state index in [-0.39, 0.29) is 17.8 Å². The number of methoxy groups -OCH3 is 1. The van der Waals surface area contributed by atoms with E-state index in [1.54, 1.807) is 13.2 Å². The molecule has 7 nitrogen and oxygen atoms in total. The van der Waals surface area contributed by atoms with Crippen LogP contribution in [0.1, 0.15) is 51.0 Å². The first-order chi connectivity index (χ1) is 18.2. The number of halogens is 4. The molecule has 0 radical (unpaired) electrons. The van der Waals surface area contributed by atoms with Crippen LogP contribution in [0.3, 0.4) is 0 Å². The number of ether oxygens (including phenoxy) is 2. The van der Waals surface area contributed by atoms with Gasteiger partial charge >= 0.3 is 6.18 Å². The number of hydrogen-bond donors (Lipinski definition) is 3. The summed E-state index contributed by atoms with van der Waals surface area (Å²) in [6, 6.07) is 5.22. The van der Waals surface area contributed by atoms with Gasteiger partial charge in [0.05, 0.1) is 22.9 Å². The molecular formula is C27H37ClF3N5O2. The minimum absolute atomic E-state index is 0.183. The summed E-state index contributed by atoms with van der Waals surface area (Å²) < 4.78 is 51.8. The fourth-order valence-corrected chi connectivity index (χ4v) is 5.39. The molecule has 0 unspecified atom stereocenters. The summed E-state index contributed by atoms with van der Waals surface area (Å²) in [6.45, 7) is 4.45. The smallest absolute Gasteiger partial charge is 0.383 e. The van der Waals surface area contributed by atoms with Crippen molar-refractivity contribution in [1.82, 2.24) is 15.3 Å². The molecule has 1 aliphatic heterocycles. The van der Waals surface area contributed by atoms with E-state index in [1.807, 2.05) is 0 Å². The third-order valence-electron chi connectivity index (χ3n) is 7.25. The molecule has 3 heterocycles. The molecule has 11 heteroatoms. The summed E-state index contributed by atoms with van der Waals surface area (Å²) in [5.41, 5.74) is 0.112. The number of nitrogens with zero attached hydrogens (tertiary/aromatic N) is 2. The number of aromatic nitrogens is 2. The van der Waals surface area contributed by atoms with Crippen molar-refractivity contribution in [3.05, 3.63) is 35.0 Å². The molecule has 1 aliphatic carbocycles. The second-order valence-corrected chi connectivity index (χ2v) is 10.7. The van der Waals surface area contributed by atoms with Crippen molar-refractivity contribution in [2.24, 2.45) is 5.92 Å². The molecule has 1 saturated carbocycles. The van der Waals surface area contributed by atoms with Crippen LogP contribution < -0.4 is 16.0 Å². The number of anilines is 2. The Labute approximate surface area is 227 Å². The molecule has 0 aromatic carbocycles. The van der Waals surface area contributed by atoms with Crippen LogP contribution in [0.25, 0.3) is 11.3 Å². The van der Waals surface area contributed by atoms with E-state index < -0.39 is 11.7 Å². The molecule has 1 saturated heterocycles. The van der Waals surface area contributed by atoms with E-state index in [9.17, 15) is 13.2 Å². The number of alkyl halides is 3. The summed E-state index contributed by atoms with van der Waals surface area (Å²) >= 11 is 6.44. The van der Waals surface area contributed by atoms with Crippen LogP contribution in [-0.2, 0) is 15.7 Å². The van der Waals surface area contributed by atoms with Crippen molar-refractivity contribution in [3.63, 3.8) is 0 Å². The molecule has 2 fully saturated rings. The van der Waals surface area contributed by atoms with Gasteiger partial charge in [0.15, 0.2) is 0 Å². The SMILES string of the molecule is COC[C@@H](C)N[C@H]1CC[C@H](Nc2cc(-c3ccc(C(F)(F)F)c(NCC4CCOCC4)n3)c(Cl)cn2)CC1. The van der Waals surface area contributed by atoms with E-state index >= 15 is 0 Å². The highest BCUT2D eigenvalue weighted by Gasteiger charge is 2.35. The van der Waals surface area contributed by atoms with Gasteiger partial charge in [-0.2, -0.15) is 13.2 Å². The fraction of sp³-hybridized carbons (Fsp3) is 0.630. The summed E-state index contributed by atoms with van der Waals surface area (Å²) in [5, 5.41) is 10.4. The van der Waals surface area contributed by atoms with Gasteiger partial charge in [-0.05, 0) is 69.6 Å². The highest BCUT2D eigenvalue weighted by Crippen LogP contribution is 2.37. The van der Waals surface area contributed by atoms with E-state index in [2.05, 4.69) is 32.8 Å². The number of nitrogens with one attached hydrogen (secondary N) is 3. The minimum Gasteiger partial charge on any atom is -0.383 e. The monoisotopic (exact) mass is 555 g/mol. The molecule has 0 bridgehead atoms. The molecule has 38 heavy (non-hydrogen) atoms. The molecule has 2 aromatic rings. The van der Waals surface area contributed by atoms with Crippen LogP contribution >= 0.6 is 11.6 Å². The summed E-state index contributed by atoms with van der Waals surface area (Å²) in [5.74, 6) is 0.688. The average molecular weight is 556 g/mol. The Morgan fingerprint density at radius 3 is 2.50 bits per heavy atom. The van der Waals surface area contributed by atoms with Crippen molar-refractivity contribution < 1.29 is 22.6 Å². The third kappa shape index (κ3) is 7.94. The largest absolute Gasteiger partial charge is 0.419 e. The summed E-state index contributed by atoms with van der Waals surface area (Å²) in [6.07, 6.45) is 2.66. The van der Waals surface area contributed by atoms with Gasteiger partial charge in [0.1, 0.15) is 11.6 Å². The molecule has 2 aromatic heterocycles. The second-order valence-electron chi connectivity index (χ2n) is 10.3. The Hall–Kier alpha value is -2.14. The van der Waals surface area contributed by atoms with Crippen LogP contribution in [0.5, 0.6) is 0 Å². The molecular weight excluding hydrogens is 519 g/mol. The van der Waals surface area contributed by atoms with Crippen LogP contribution in [0.15, 0.2) is 24.4 Å². The van der Waals surface area contributed by atoms with Crippen LogP contribution in [-0.4, -0.2) is 61.6 Å². The lowest BCUT2D eigenvalue weighted by Crippen LogP contribution is -2.42. The first-order valence-electron chi connectivity index (χ1n) is 13.3. The maximum atomic E-state index is 13.7. The van der Waals surface area contributed by atoms with Crippen LogP contribution in [0.2, 0.25) is 5.02 Å². The molecule has 1 atom stereocenters. The predicted octanol–water partition coefficient (Wildman–Crippen LogP) is 6.00. The van der Waals surface area contributed by atoms with Crippen molar-refractivity contribution in [1.29, 1.82) is 0 Å². The zero-order valence-corrected chi connectivity index (χ0v) is 22.7. The quantitative estimate of drug-likeness (QED) is 0.332. The molecule has 2 aliphatic rings. The summed E-state index contributed by atoms with van der Waals surface area (Å²) in [7, 11) is 1.71. The van der Waals surface area contributed by atoms with Crippen molar-refractivity contribution in [2.75, 3.05) is 44.1 Å². The number of rotatable bonds is 10. The van der Waals surface area contributed by atoms with Crippen molar-refractivity contribution in [3.8, 4) is 11.3 Å². The molecule has 0 spiro atoms. The molecule has 0 amide bonds. The van der Waals surface area contributed by atoms with Crippen LogP contribution in [0, 0.1) is 5.92 Å².